The van der Waals surface area contributed by atoms with E-state index < -0.39 is 0 Å². The zero-order valence-electron chi connectivity index (χ0n) is 9.28. The number of anilines is 1. The molecule has 0 amide bonds. The Morgan fingerprint density at radius 3 is 2.80 bits per heavy atom. The molecule has 1 N–H and O–H groups in total. The van der Waals surface area contributed by atoms with Crippen LogP contribution >= 0.6 is 0 Å². The van der Waals surface area contributed by atoms with Crippen molar-refractivity contribution < 1.29 is 9.50 Å². The van der Waals surface area contributed by atoms with Crippen LogP contribution in [0.25, 0.3) is 0 Å². The van der Waals surface area contributed by atoms with E-state index in [0.29, 0.717) is 0 Å². The highest BCUT2D eigenvalue weighted by Gasteiger charge is 2.02. The molecule has 0 fully saturated rings. The van der Waals surface area contributed by atoms with Gasteiger partial charge in [-0.2, -0.15) is 0 Å². The number of halogens is 1. The SMILES string of the molecule is CC(O)CCCN(C)c1cccc(F)c1. The maximum atomic E-state index is 12.9. The normalized spacial score (nSPS) is 12.5. The fourth-order valence-corrected chi connectivity index (χ4v) is 1.47. The van der Waals surface area contributed by atoms with E-state index in [0.717, 1.165) is 25.1 Å². The van der Waals surface area contributed by atoms with Crippen LogP contribution in [0.15, 0.2) is 24.3 Å². The summed E-state index contributed by atoms with van der Waals surface area (Å²) in [7, 11) is 1.93. The number of hydrogen-bond donors (Lipinski definition) is 1. The summed E-state index contributed by atoms with van der Waals surface area (Å²) < 4.78 is 12.9. The summed E-state index contributed by atoms with van der Waals surface area (Å²) in [6, 6.07) is 6.54. The van der Waals surface area contributed by atoms with Gasteiger partial charge in [0.25, 0.3) is 0 Å². The molecule has 15 heavy (non-hydrogen) atoms. The van der Waals surface area contributed by atoms with Gasteiger partial charge >= 0.3 is 0 Å². The van der Waals surface area contributed by atoms with Gasteiger partial charge in [-0.25, -0.2) is 4.39 Å². The van der Waals surface area contributed by atoms with Gasteiger partial charge < -0.3 is 10.0 Å². The smallest absolute Gasteiger partial charge is 0.125 e. The van der Waals surface area contributed by atoms with Crippen molar-refractivity contribution in [3.05, 3.63) is 30.1 Å². The molecule has 1 aromatic carbocycles. The summed E-state index contributed by atoms with van der Waals surface area (Å²) in [6.45, 7) is 2.61. The van der Waals surface area contributed by atoms with E-state index in [4.69, 9.17) is 5.11 Å². The minimum atomic E-state index is -0.258. The van der Waals surface area contributed by atoms with Crippen molar-refractivity contribution in [3.63, 3.8) is 0 Å². The molecule has 84 valence electrons. The Bertz CT molecular complexity index is 301. The number of aliphatic hydroxyl groups is 1. The van der Waals surface area contributed by atoms with Crippen molar-refractivity contribution in [2.45, 2.75) is 25.9 Å². The average molecular weight is 211 g/mol. The highest BCUT2D eigenvalue weighted by Crippen LogP contribution is 2.14. The average Bonchev–Trinajstić information content (AvgIpc) is 2.17. The van der Waals surface area contributed by atoms with Gasteiger partial charge in [0.05, 0.1) is 6.10 Å². The van der Waals surface area contributed by atoms with Crippen LogP contribution in [0.1, 0.15) is 19.8 Å². The predicted molar refractivity (Wildman–Crippen MR) is 60.6 cm³/mol. The zero-order valence-corrected chi connectivity index (χ0v) is 9.28. The number of aliphatic hydroxyl groups excluding tert-OH is 1. The van der Waals surface area contributed by atoms with E-state index in [1.807, 2.05) is 18.0 Å². The van der Waals surface area contributed by atoms with Crippen LogP contribution in [0, 0.1) is 5.82 Å². The molecule has 2 nitrogen and oxygen atoms in total. The Morgan fingerprint density at radius 1 is 1.47 bits per heavy atom. The van der Waals surface area contributed by atoms with Crippen LogP contribution < -0.4 is 4.90 Å². The second-order valence-electron chi connectivity index (χ2n) is 3.89. The highest BCUT2D eigenvalue weighted by atomic mass is 19.1. The van der Waals surface area contributed by atoms with E-state index >= 15 is 0 Å². The fraction of sp³-hybridized carbons (Fsp3) is 0.500. The Balaban J connectivity index is 2.43. The number of rotatable bonds is 5. The molecule has 1 aromatic rings. The molecule has 0 saturated carbocycles. The summed E-state index contributed by atoms with van der Waals surface area (Å²) in [5, 5.41) is 9.10. The maximum Gasteiger partial charge on any atom is 0.125 e. The fourth-order valence-electron chi connectivity index (χ4n) is 1.47. The summed E-state index contributed by atoms with van der Waals surface area (Å²) in [5.74, 6) is -0.213. The molecule has 0 spiro atoms. The molecule has 0 bridgehead atoms. The molecular formula is C12H18FNO. The summed E-state index contributed by atoms with van der Waals surface area (Å²) in [4.78, 5) is 1.99. The lowest BCUT2D eigenvalue weighted by atomic mass is 10.2. The minimum absolute atomic E-state index is 0.213. The van der Waals surface area contributed by atoms with Crippen molar-refractivity contribution >= 4 is 5.69 Å². The molecule has 0 aliphatic carbocycles. The molecule has 0 radical (unpaired) electrons. The van der Waals surface area contributed by atoms with Crippen molar-refractivity contribution in [3.8, 4) is 0 Å². The van der Waals surface area contributed by atoms with E-state index in [1.54, 1.807) is 13.0 Å². The molecule has 0 saturated heterocycles. The van der Waals surface area contributed by atoms with E-state index in [-0.39, 0.29) is 11.9 Å². The van der Waals surface area contributed by atoms with Crippen LogP contribution in [-0.2, 0) is 0 Å². The number of nitrogens with zero attached hydrogens (tertiary/aromatic N) is 1. The lowest BCUT2D eigenvalue weighted by molar-refractivity contribution is 0.182. The molecule has 0 aromatic heterocycles. The first kappa shape index (κ1) is 12.0. The Morgan fingerprint density at radius 2 is 2.20 bits per heavy atom. The molecule has 0 aliphatic heterocycles. The van der Waals surface area contributed by atoms with Crippen LogP contribution in [-0.4, -0.2) is 24.8 Å². The summed E-state index contributed by atoms with van der Waals surface area (Å²) in [5.41, 5.74) is 0.876. The van der Waals surface area contributed by atoms with Crippen LogP contribution in [0.5, 0.6) is 0 Å². The predicted octanol–water partition coefficient (Wildman–Crippen LogP) is 2.42. The van der Waals surface area contributed by atoms with Gasteiger partial charge in [0.1, 0.15) is 5.82 Å². The topological polar surface area (TPSA) is 23.5 Å². The Kier molecular flexibility index (Phi) is 4.56. The zero-order chi connectivity index (χ0) is 11.3. The van der Waals surface area contributed by atoms with Gasteiger partial charge in [-0.05, 0) is 38.0 Å². The van der Waals surface area contributed by atoms with Crippen LogP contribution in [0.2, 0.25) is 0 Å². The Labute approximate surface area is 90.3 Å². The molecule has 1 unspecified atom stereocenters. The molecule has 1 rings (SSSR count). The maximum absolute atomic E-state index is 12.9. The van der Waals surface area contributed by atoms with Crippen LogP contribution in [0.4, 0.5) is 10.1 Å². The monoisotopic (exact) mass is 211 g/mol. The van der Waals surface area contributed by atoms with Gasteiger partial charge in [-0.3, -0.25) is 0 Å². The third-order valence-corrected chi connectivity index (χ3v) is 2.36. The van der Waals surface area contributed by atoms with Crippen molar-refractivity contribution in [1.82, 2.24) is 0 Å². The summed E-state index contributed by atoms with van der Waals surface area (Å²) >= 11 is 0. The standard InChI is InChI=1S/C12H18FNO/c1-10(15)5-4-8-14(2)12-7-3-6-11(13)9-12/h3,6-7,9-10,15H,4-5,8H2,1-2H3. The van der Waals surface area contributed by atoms with E-state index in [1.165, 1.54) is 12.1 Å². The van der Waals surface area contributed by atoms with Crippen LogP contribution in [0.3, 0.4) is 0 Å². The molecule has 0 aliphatic rings. The number of hydrogen-bond acceptors (Lipinski definition) is 2. The summed E-state index contributed by atoms with van der Waals surface area (Å²) in [6.07, 6.45) is 1.43. The van der Waals surface area contributed by atoms with Gasteiger partial charge in [0.15, 0.2) is 0 Å². The first-order chi connectivity index (χ1) is 7.09. The minimum Gasteiger partial charge on any atom is -0.393 e. The second-order valence-corrected chi connectivity index (χ2v) is 3.89. The third kappa shape index (κ3) is 4.30. The molecule has 0 heterocycles. The first-order valence-corrected chi connectivity index (χ1v) is 5.24. The van der Waals surface area contributed by atoms with Gasteiger partial charge in [-0.1, -0.05) is 6.07 Å². The molecule has 3 heteroatoms. The van der Waals surface area contributed by atoms with Gasteiger partial charge in [0, 0.05) is 19.3 Å². The van der Waals surface area contributed by atoms with E-state index in [9.17, 15) is 4.39 Å². The molecular weight excluding hydrogens is 193 g/mol. The van der Waals surface area contributed by atoms with Crippen molar-refractivity contribution in [1.29, 1.82) is 0 Å². The van der Waals surface area contributed by atoms with E-state index in [2.05, 4.69) is 0 Å². The highest BCUT2D eigenvalue weighted by molar-refractivity contribution is 5.45. The largest absolute Gasteiger partial charge is 0.393 e. The molecule has 1 atom stereocenters. The lowest BCUT2D eigenvalue weighted by Gasteiger charge is -2.19. The van der Waals surface area contributed by atoms with Gasteiger partial charge in [0.2, 0.25) is 0 Å². The quantitative estimate of drug-likeness (QED) is 0.808. The third-order valence-electron chi connectivity index (χ3n) is 2.36. The lowest BCUT2D eigenvalue weighted by Crippen LogP contribution is -2.19. The first-order valence-electron chi connectivity index (χ1n) is 5.24. The van der Waals surface area contributed by atoms with Gasteiger partial charge in [-0.15, -0.1) is 0 Å². The van der Waals surface area contributed by atoms with Crippen molar-refractivity contribution in [2.75, 3.05) is 18.5 Å². The van der Waals surface area contributed by atoms with Crippen molar-refractivity contribution in [2.24, 2.45) is 0 Å². The second kappa shape index (κ2) is 5.71. The number of benzene rings is 1. The Hall–Kier alpha value is -1.09.